The zero-order chi connectivity index (χ0) is 22.3. The lowest BCUT2D eigenvalue weighted by Crippen LogP contribution is -2.50. The normalized spacial score (nSPS) is 13.7. The number of rotatable bonds is 7. The Morgan fingerprint density at radius 2 is 1.72 bits per heavy atom. The van der Waals surface area contributed by atoms with Crippen molar-refractivity contribution in [3.8, 4) is 22.8 Å². The highest BCUT2D eigenvalue weighted by Gasteiger charge is 2.22. The number of aryl methyl sites for hydroxylation is 1. The molecule has 1 saturated heterocycles. The number of aromatic nitrogens is 2. The Bertz CT molecular complexity index is 1050. The average molecular weight is 433 g/mol. The molecule has 7 nitrogen and oxygen atoms in total. The van der Waals surface area contributed by atoms with Gasteiger partial charge in [0.2, 0.25) is 0 Å². The molecule has 1 fully saturated rings. The Kier molecular flexibility index (Phi) is 6.84. The van der Waals surface area contributed by atoms with Crippen molar-refractivity contribution in [3.63, 3.8) is 0 Å². The molecule has 0 bridgehead atoms. The molecule has 1 aliphatic rings. The molecule has 0 aliphatic carbocycles. The van der Waals surface area contributed by atoms with Crippen molar-refractivity contribution in [2.75, 3.05) is 44.3 Å². The molecule has 0 spiro atoms. The van der Waals surface area contributed by atoms with E-state index in [9.17, 15) is 4.79 Å². The van der Waals surface area contributed by atoms with Crippen molar-refractivity contribution >= 4 is 11.7 Å². The molecule has 1 aliphatic heterocycles. The van der Waals surface area contributed by atoms with E-state index in [1.807, 2.05) is 73.3 Å². The Morgan fingerprint density at radius 1 is 0.938 bits per heavy atom. The van der Waals surface area contributed by atoms with Crippen LogP contribution in [0.15, 0.2) is 60.9 Å². The summed E-state index contributed by atoms with van der Waals surface area (Å²) in [7, 11) is 0. The molecule has 1 aromatic heterocycles. The van der Waals surface area contributed by atoms with E-state index >= 15 is 0 Å². The van der Waals surface area contributed by atoms with E-state index in [0.717, 1.165) is 47.2 Å². The molecule has 0 N–H and O–H groups in total. The highest BCUT2D eigenvalue weighted by molar-refractivity contribution is 5.78. The lowest BCUT2D eigenvalue weighted by Gasteiger charge is -2.35. The molecule has 0 radical (unpaired) electrons. The molecule has 3 aromatic rings. The molecule has 0 atom stereocenters. The Morgan fingerprint density at radius 3 is 2.44 bits per heavy atom. The molecule has 2 aromatic carbocycles. The number of hydrogen-bond donors (Lipinski definition) is 0. The van der Waals surface area contributed by atoms with Gasteiger partial charge in [-0.05, 0) is 55.8 Å². The van der Waals surface area contributed by atoms with Gasteiger partial charge in [0, 0.05) is 37.8 Å². The first-order valence-electron chi connectivity index (χ1n) is 10.9. The van der Waals surface area contributed by atoms with E-state index in [1.165, 1.54) is 0 Å². The van der Waals surface area contributed by atoms with Crippen LogP contribution in [0, 0.1) is 6.92 Å². The second-order valence-electron chi connectivity index (χ2n) is 7.69. The van der Waals surface area contributed by atoms with E-state index in [-0.39, 0.29) is 12.5 Å². The fourth-order valence-corrected chi connectivity index (χ4v) is 3.69. The van der Waals surface area contributed by atoms with Crippen LogP contribution in [0.1, 0.15) is 12.5 Å². The molecular weight excluding hydrogens is 404 g/mol. The molecule has 0 unspecified atom stereocenters. The minimum absolute atomic E-state index is 0.00363. The lowest BCUT2D eigenvalue weighted by atomic mass is 10.1. The molecule has 166 valence electrons. The van der Waals surface area contributed by atoms with Crippen molar-refractivity contribution in [3.05, 3.63) is 66.5 Å². The van der Waals surface area contributed by atoms with E-state index in [4.69, 9.17) is 9.47 Å². The highest BCUT2D eigenvalue weighted by atomic mass is 16.5. The van der Waals surface area contributed by atoms with Crippen LogP contribution in [0.5, 0.6) is 11.5 Å². The van der Waals surface area contributed by atoms with Gasteiger partial charge in [-0.1, -0.05) is 12.1 Å². The predicted molar refractivity (Wildman–Crippen MR) is 124 cm³/mol. The minimum atomic E-state index is 0.00363. The van der Waals surface area contributed by atoms with Gasteiger partial charge < -0.3 is 19.3 Å². The lowest BCUT2D eigenvalue weighted by molar-refractivity contribution is -0.133. The van der Waals surface area contributed by atoms with Crippen molar-refractivity contribution in [2.24, 2.45) is 0 Å². The van der Waals surface area contributed by atoms with Crippen LogP contribution in [0.3, 0.4) is 0 Å². The number of anilines is 1. The summed E-state index contributed by atoms with van der Waals surface area (Å²) in [6.45, 7) is 7.38. The highest BCUT2D eigenvalue weighted by Crippen LogP contribution is 2.24. The predicted octanol–water partition coefficient (Wildman–Crippen LogP) is 3.58. The van der Waals surface area contributed by atoms with Gasteiger partial charge in [0.1, 0.15) is 23.6 Å². The van der Waals surface area contributed by atoms with E-state index in [1.54, 1.807) is 6.33 Å². The SMILES string of the molecule is CCOc1ccc(-c2cc(N3CCN(C(=O)COc4cccc(C)c4)CC3)ncn2)cc1. The van der Waals surface area contributed by atoms with Crippen LogP contribution in [0.25, 0.3) is 11.3 Å². The van der Waals surface area contributed by atoms with Gasteiger partial charge in [0.15, 0.2) is 6.61 Å². The number of ether oxygens (including phenoxy) is 2. The van der Waals surface area contributed by atoms with Crippen LogP contribution in [-0.2, 0) is 4.79 Å². The maximum absolute atomic E-state index is 12.6. The van der Waals surface area contributed by atoms with E-state index in [2.05, 4.69) is 14.9 Å². The number of benzene rings is 2. The first-order valence-corrected chi connectivity index (χ1v) is 10.9. The summed E-state index contributed by atoms with van der Waals surface area (Å²) in [6.07, 6.45) is 1.59. The maximum atomic E-state index is 12.6. The maximum Gasteiger partial charge on any atom is 0.260 e. The summed E-state index contributed by atoms with van der Waals surface area (Å²) in [6, 6.07) is 17.6. The van der Waals surface area contributed by atoms with Crippen LogP contribution in [0.4, 0.5) is 5.82 Å². The Balaban J connectivity index is 1.33. The first kappa shape index (κ1) is 21.6. The van der Waals surface area contributed by atoms with Crippen LogP contribution in [-0.4, -0.2) is 60.2 Å². The number of carbonyl (C=O) groups excluding carboxylic acids is 1. The second-order valence-corrected chi connectivity index (χ2v) is 7.69. The zero-order valence-corrected chi connectivity index (χ0v) is 18.5. The summed E-state index contributed by atoms with van der Waals surface area (Å²) < 4.78 is 11.2. The smallest absolute Gasteiger partial charge is 0.260 e. The Labute approximate surface area is 188 Å². The number of amides is 1. The van der Waals surface area contributed by atoms with Gasteiger partial charge in [-0.15, -0.1) is 0 Å². The van der Waals surface area contributed by atoms with Gasteiger partial charge >= 0.3 is 0 Å². The van der Waals surface area contributed by atoms with Crippen LogP contribution in [0.2, 0.25) is 0 Å². The first-order chi connectivity index (χ1) is 15.6. The van der Waals surface area contributed by atoms with Crippen molar-refractivity contribution in [2.45, 2.75) is 13.8 Å². The molecule has 2 heterocycles. The third kappa shape index (κ3) is 5.35. The van der Waals surface area contributed by atoms with Gasteiger partial charge in [-0.2, -0.15) is 0 Å². The second kappa shape index (κ2) is 10.1. The summed E-state index contributed by atoms with van der Waals surface area (Å²) in [5, 5.41) is 0. The van der Waals surface area contributed by atoms with Crippen molar-refractivity contribution < 1.29 is 14.3 Å². The van der Waals surface area contributed by atoms with E-state index in [0.29, 0.717) is 19.7 Å². The van der Waals surface area contributed by atoms with Crippen molar-refractivity contribution in [1.29, 1.82) is 0 Å². The van der Waals surface area contributed by atoms with Gasteiger partial charge in [-0.3, -0.25) is 4.79 Å². The quantitative estimate of drug-likeness (QED) is 0.569. The fraction of sp³-hybridized carbons (Fsp3) is 0.320. The Hall–Kier alpha value is -3.61. The fourth-order valence-electron chi connectivity index (χ4n) is 3.69. The summed E-state index contributed by atoms with van der Waals surface area (Å²) in [5.74, 6) is 2.44. The number of hydrogen-bond acceptors (Lipinski definition) is 6. The number of nitrogens with zero attached hydrogens (tertiary/aromatic N) is 4. The standard InChI is InChI=1S/C25H28N4O3/c1-3-31-21-9-7-20(8-10-21)23-16-24(27-18-26-23)28-11-13-29(14-12-28)25(30)17-32-22-6-4-5-19(2)15-22/h4-10,15-16,18H,3,11-14,17H2,1-2H3. The molecule has 0 saturated carbocycles. The summed E-state index contributed by atoms with van der Waals surface area (Å²) in [5.41, 5.74) is 2.99. The molecule has 4 rings (SSSR count). The largest absolute Gasteiger partial charge is 0.494 e. The van der Waals surface area contributed by atoms with Crippen molar-refractivity contribution in [1.82, 2.24) is 14.9 Å². The van der Waals surface area contributed by atoms with Crippen LogP contribution >= 0.6 is 0 Å². The third-order valence-corrected chi connectivity index (χ3v) is 5.42. The topological polar surface area (TPSA) is 67.8 Å². The van der Waals surface area contributed by atoms with Gasteiger partial charge in [0.05, 0.1) is 12.3 Å². The average Bonchev–Trinajstić information content (AvgIpc) is 2.83. The minimum Gasteiger partial charge on any atom is -0.494 e. The summed E-state index contributed by atoms with van der Waals surface area (Å²) in [4.78, 5) is 25.5. The molecule has 7 heteroatoms. The zero-order valence-electron chi connectivity index (χ0n) is 18.5. The third-order valence-electron chi connectivity index (χ3n) is 5.42. The van der Waals surface area contributed by atoms with Gasteiger partial charge in [0.25, 0.3) is 5.91 Å². The molecular formula is C25H28N4O3. The summed E-state index contributed by atoms with van der Waals surface area (Å²) >= 11 is 0. The van der Waals surface area contributed by atoms with Crippen LogP contribution < -0.4 is 14.4 Å². The molecule has 32 heavy (non-hydrogen) atoms. The number of carbonyl (C=O) groups is 1. The van der Waals surface area contributed by atoms with E-state index < -0.39 is 0 Å². The number of piperazine rings is 1. The van der Waals surface area contributed by atoms with Gasteiger partial charge in [-0.25, -0.2) is 9.97 Å². The molecule has 1 amide bonds. The monoisotopic (exact) mass is 432 g/mol.